The van der Waals surface area contributed by atoms with Crippen LogP contribution < -0.4 is 5.32 Å². The molecule has 0 aromatic carbocycles. The van der Waals surface area contributed by atoms with E-state index in [4.69, 9.17) is 0 Å². The monoisotopic (exact) mass is 185 g/mol. The molecular weight excluding hydrogens is 162 g/mol. The van der Waals surface area contributed by atoms with Gasteiger partial charge in [-0.25, -0.2) is 0 Å². The van der Waals surface area contributed by atoms with Gasteiger partial charge in [-0.15, -0.1) is 0 Å². The van der Waals surface area contributed by atoms with Gasteiger partial charge in [-0.2, -0.15) is 0 Å². The molecule has 1 aliphatic carbocycles. The SMILES string of the molecule is CCCC1CCC(O)(CNC)CC1. The lowest BCUT2D eigenvalue weighted by Gasteiger charge is -2.35. The first-order chi connectivity index (χ1) is 6.20. The highest BCUT2D eigenvalue weighted by Crippen LogP contribution is 2.33. The van der Waals surface area contributed by atoms with E-state index in [1.807, 2.05) is 7.05 Å². The van der Waals surface area contributed by atoms with E-state index in [1.165, 1.54) is 25.7 Å². The van der Waals surface area contributed by atoms with Gasteiger partial charge < -0.3 is 10.4 Å². The van der Waals surface area contributed by atoms with Gasteiger partial charge >= 0.3 is 0 Å². The summed E-state index contributed by atoms with van der Waals surface area (Å²) in [5, 5.41) is 13.2. The Hall–Kier alpha value is -0.0800. The number of rotatable bonds is 4. The van der Waals surface area contributed by atoms with E-state index in [0.717, 1.165) is 25.3 Å². The van der Waals surface area contributed by atoms with Crippen LogP contribution in [0.2, 0.25) is 0 Å². The lowest BCUT2D eigenvalue weighted by Crippen LogP contribution is -2.42. The van der Waals surface area contributed by atoms with Crippen LogP contribution in [0.5, 0.6) is 0 Å². The quantitative estimate of drug-likeness (QED) is 0.701. The maximum absolute atomic E-state index is 10.1. The zero-order chi connectivity index (χ0) is 9.73. The predicted octanol–water partition coefficient (Wildman–Crippen LogP) is 1.93. The summed E-state index contributed by atoms with van der Waals surface area (Å²) >= 11 is 0. The second-order valence-electron chi connectivity index (χ2n) is 4.49. The molecule has 0 spiro atoms. The molecule has 2 N–H and O–H groups in total. The van der Waals surface area contributed by atoms with Crippen LogP contribution >= 0.6 is 0 Å². The Morgan fingerprint density at radius 1 is 1.38 bits per heavy atom. The van der Waals surface area contributed by atoms with Crippen molar-refractivity contribution in [3.8, 4) is 0 Å². The molecule has 0 amide bonds. The molecule has 1 rings (SSSR count). The van der Waals surface area contributed by atoms with Crippen molar-refractivity contribution in [2.24, 2.45) is 5.92 Å². The Morgan fingerprint density at radius 2 is 2.00 bits per heavy atom. The first-order valence-corrected chi connectivity index (χ1v) is 5.57. The van der Waals surface area contributed by atoms with Gasteiger partial charge in [-0.1, -0.05) is 19.8 Å². The van der Waals surface area contributed by atoms with Crippen molar-refractivity contribution in [3.63, 3.8) is 0 Å². The van der Waals surface area contributed by atoms with E-state index in [9.17, 15) is 5.11 Å². The fourth-order valence-corrected chi connectivity index (χ4v) is 2.42. The first kappa shape index (κ1) is 11.0. The van der Waals surface area contributed by atoms with Crippen molar-refractivity contribution in [1.82, 2.24) is 5.32 Å². The van der Waals surface area contributed by atoms with Crippen molar-refractivity contribution >= 4 is 0 Å². The topological polar surface area (TPSA) is 32.3 Å². The van der Waals surface area contributed by atoms with E-state index < -0.39 is 5.60 Å². The van der Waals surface area contributed by atoms with Gasteiger partial charge in [0.15, 0.2) is 0 Å². The number of likely N-dealkylation sites (N-methyl/N-ethyl adjacent to an activating group) is 1. The highest BCUT2D eigenvalue weighted by molar-refractivity contribution is 4.86. The lowest BCUT2D eigenvalue weighted by molar-refractivity contribution is -0.00773. The van der Waals surface area contributed by atoms with Crippen molar-refractivity contribution in [2.45, 2.75) is 51.0 Å². The molecule has 1 saturated carbocycles. The average molecular weight is 185 g/mol. The van der Waals surface area contributed by atoms with Crippen LogP contribution in [-0.4, -0.2) is 24.3 Å². The van der Waals surface area contributed by atoms with Gasteiger partial charge in [0, 0.05) is 6.54 Å². The number of hydrogen-bond acceptors (Lipinski definition) is 2. The Balaban J connectivity index is 2.28. The summed E-state index contributed by atoms with van der Waals surface area (Å²) in [4.78, 5) is 0. The molecule has 2 heteroatoms. The summed E-state index contributed by atoms with van der Waals surface area (Å²) in [6.07, 6.45) is 7.03. The third-order valence-corrected chi connectivity index (χ3v) is 3.24. The summed E-state index contributed by atoms with van der Waals surface area (Å²) in [5.41, 5.74) is -0.404. The summed E-state index contributed by atoms with van der Waals surface area (Å²) in [5.74, 6) is 0.877. The molecule has 0 bridgehead atoms. The molecule has 0 atom stereocenters. The van der Waals surface area contributed by atoms with Gasteiger partial charge in [0.05, 0.1) is 5.60 Å². The summed E-state index contributed by atoms with van der Waals surface area (Å²) in [7, 11) is 1.91. The maximum atomic E-state index is 10.1. The van der Waals surface area contributed by atoms with Crippen molar-refractivity contribution in [2.75, 3.05) is 13.6 Å². The molecule has 0 aromatic heterocycles. The molecule has 0 aliphatic heterocycles. The second kappa shape index (κ2) is 4.97. The van der Waals surface area contributed by atoms with E-state index in [0.29, 0.717) is 0 Å². The third kappa shape index (κ3) is 3.28. The fourth-order valence-electron chi connectivity index (χ4n) is 2.42. The van der Waals surface area contributed by atoms with Gasteiger partial charge in [-0.05, 0) is 38.6 Å². The Kier molecular flexibility index (Phi) is 4.20. The smallest absolute Gasteiger partial charge is 0.0771 e. The molecule has 0 saturated heterocycles. The van der Waals surface area contributed by atoms with Crippen molar-refractivity contribution in [3.05, 3.63) is 0 Å². The Morgan fingerprint density at radius 3 is 2.46 bits per heavy atom. The summed E-state index contributed by atoms with van der Waals surface area (Å²) in [6.45, 7) is 3.00. The normalized spacial score (nSPS) is 34.8. The minimum atomic E-state index is -0.404. The largest absolute Gasteiger partial charge is 0.389 e. The summed E-state index contributed by atoms with van der Waals surface area (Å²) in [6, 6.07) is 0. The highest BCUT2D eigenvalue weighted by Gasteiger charge is 2.31. The van der Waals surface area contributed by atoms with Gasteiger partial charge in [-0.3, -0.25) is 0 Å². The molecule has 13 heavy (non-hydrogen) atoms. The molecule has 1 fully saturated rings. The van der Waals surface area contributed by atoms with Crippen LogP contribution in [0.3, 0.4) is 0 Å². The van der Waals surface area contributed by atoms with Gasteiger partial charge in [0.2, 0.25) is 0 Å². The number of nitrogens with one attached hydrogen (secondary N) is 1. The lowest BCUT2D eigenvalue weighted by atomic mass is 9.77. The molecular formula is C11H23NO. The number of aliphatic hydroxyl groups is 1. The van der Waals surface area contributed by atoms with Crippen LogP contribution in [0.15, 0.2) is 0 Å². The van der Waals surface area contributed by atoms with Crippen LogP contribution in [0.4, 0.5) is 0 Å². The van der Waals surface area contributed by atoms with Crippen LogP contribution in [0, 0.1) is 5.92 Å². The highest BCUT2D eigenvalue weighted by atomic mass is 16.3. The minimum absolute atomic E-state index is 0.404. The van der Waals surface area contributed by atoms with E-state index in [1.54, 1.807) is 0 Å². The van der Waals surface area contributed by atoms with E-state index in [2.05, 4.69) is 12.2 Å². The zero-order valence-electron chi connectivity index (χ0n) is 8.97. The van der Waals surface area contributed by atoms with Crippen molar-refractivity contribution < 1.29 is 5.11 Å². The number of hydrogen-bond donors (Lipinski definition) is 2. The van der Waals surface area contributed by atoms with E-state index >= 15 is 0 Å². The third-order valence-electron chi connectivity index (χ3n) is 3.24. The molecule has 1 aliphatic rings. The molecule has 0 heterocycles. The minimum Gasteiger partial charge on any atom is -0.389 e. The second-order valence-corrected chi connectivity index (χ2v) is 4.49. The Labute approximate surface area is 81.7 Å². The van der Waals surface area contributed by atoms with Gasteiger partial charge in [0.25, 0.3) is 0 Å². The fraction of sp³-hybridized carbons (Fsp3) is 1.00. The maximum Gasteiger partial charge on any atom is 0.0771 e. The predicted molar refractivity (Wildman–Crippen MR) is 55.7 cm³/mol. The van der Waals surface area contributed by atoms with Crippen LogP contribution in [0.1, 0.15) is 45.4 Å². The molecule has 0 aromatic rings. The zero-order valence-corrected chi connectivity index (χ0v) is 8.97. The van der Waals surface area contributed by atoms with Crippen LogP contribution in [-0.2, 0) is 0 Å². The molecule has 0 unspecified atom stereocenters. The van der Waals surface area contributed by atoms with Gasteiger partial charge in [0.1, 0.15) is 0 Å². The van der Waals surface area contributed by atoms with Crippen LogP contribution in [0.25, 0.3) is 0 Å². The summed E-state index contributed by atoms with van der Waals surface area (Å²) < 4.78 is 0. The standard InChI is InChI=1S/C11H23NO/c1-3-4-10-5-7-11(13,8-6-10)9-12-2/h10,12-13H,3-9H2,1-2H3. The molecule has 2 nitrogen and oxygen atoms in total. The van der Waals surface area contributed by atoms with Crippen molar-refractivity contribution in [1.29, 1.82) is 0 Å². The molecule has 0 radical (unpaired) electrons. The Bertz CT molecular complexity index is 139. The average Bonchev–Trinajstić information content (AvgIpc) is 2.10. The van der Waals surface area contributed by atoms with E-state index in [-0.39, 0.29) is 0 Å². The first-order valence-electron chi connectivity index (χ1n) is 5.57. The molecule has 78 valence electrons.